The van der Waals surface area contributed by atoms with Gasteiger partial charge in [-0.25, -0.2) is 0 Å². The number of carbonyl (C=O) groups is 1. The van der Waals surface area contributed by atoms with Crippen LogP contribution in [0, 0.1) is 0 Å². The molecule has 0 aromatic rings. The van der Waals surface area contributed by atoms with E-state index in [-0.39, 0.29) is 5.91 Å². The van der Waals surface area contributed by atoms with Gasteiger partial charge in [-0.15, -0.1) is 0 Å². The second-order valence-corrected chi connectivity index (χ2v) is 4.70. The van der Waals surface area contributed by atoms with E-state index in [0.29, 0.717) is 6.42 Å². The van der Waals surface area contributed by atoms with Crippen LogP contribution in [0.25, 0.3) is 0 Å². The van der Waals surface area contributed by atoms with Gasteiger partial charge in [0.2, 0.25) is 5.91 Å². The lowest BCUT2D eigenvalue weighted by Crippen LogP contribution is -2.37. The van der Waals surface area contributed by atoms with Crippen molar-refractivity contribution in [1.82, 2.24) is 9.80 Å². The molecule has 2 aliphatic heterocycles. The Morgan fingerprint density at radius 2 is 2.07 bits per heavy atom. The Morgan fingerprint density at radius 3 is 2.87 bits per heavy atom. The van der Waals surface area contributed by atoms with Crippen molar-refractivity contribution < 1.29 is 4.79 Å². The van der Waals surface area contributed by atoms with E-state index in [4.69, 9.17) is 5.73 Å². The van der Waals surface area contributed by atoms with Crippen LogP contribution in [0.5, 0.6) is 0 Å². The Balaban J connectivity index is 1.82. The van der Waals surface area contributed by atoms with Crippen molar-refractivity contribution in [2.75, 3.05) is 32.7 Å². The van der Waals surface area contributed by atoms with Gasteiger partial charge in [0, 0.05) is 25.6 Å². The molecule has 1 amide bonds. The minimum absolute atomic E-state index is 0.178. The van der Waals surface area contributed by atoms with Crippen molar-refractivity contribution in [3.8, 4) is 0 Å². The van der Waals surface area contributed by atoms with E-state index in [2.05, 4.69) is 9.80 Å². The summed E-state index contributed by atoms with van der Waals surface area (Å²) in [6.07, 6.45) is 4.41. The molecule has 0 aromatic heterocycles. The lowest BCUT2D eigenvalue weighted by molar-refractivity contribution is -0.118. The molecule has 0 spiro atoms. The number of hydrogen-bond acceptors (Lipinski definition) is 3. The zero-order chi connectivity index (χ0) is 10.7. The molecule has 86 valence electrons. The van der Waals surface area contributed by atoms with Gasteiger partial charge in [-0.2, -0.15) is 0 Å². The number of primary amides is 1. The quantitative estimate of drug-likeness (QED) is 0.716. The Hall–Kier alpha value is -0.610. The third kappa shape index (κ3) is 2.92. The molecule has 1 unspecified atom stereocenters. The fourth-order valence-corrected chi connectivity index (χ4v) is 2.75. The van der Waals surface area contributed by atoms with Gasteiger partial charge in [-0.1, -0.05) is 0 Å². The van der Waals surface area contributed by atoms with Crippen molar-refractivity contribution in [3.05, 3.63) is 0 Å². The van der Waals surface area contributed by atoms with E-state index in [0.717, 1.165) is 25.7 Å². The minimum atomic E-state index is -0.178. The first-order valence-corrected chi connectivity index (χ1v) is 6.00. The summed E-state index contributed by atoms with van der Waals surface area (Å²) in [5, 5.41) is 0. The van der Waals surface area contributed by atoms with E-state index >= 15 is 0 Å². The molecule has 0 bridgehead atoms. The van der Waals surface area contributed by atoms with E-state index < -0.39 is 0 Å². The molecule has 15 heavy (non-hydrogen) atoms. The van der Waals surface area contributed by atoms with E-state index in [1.54, 1.807) is 0 Å². The first kappa shape index (κ1) is 10.9. The maximum absolute atomic E-state index is 10.7. The topological polar surface area (TPSA) is 49.6 Å². The van der Waals surface area contributed by atoms with Gasteiger partial charge in [0.25, 0.3) is 0 Å². The van der Waals surface area contributed by atoms with Crippen LogP contribution in [0.3, 0.4) is 0 Å². The number of hydrogen-bond donors (Lipinski definition) is 1. The van der Waals surface area contributed by atoms with Crippen LogP contribution in [-0.4, -0.2) is 54.5 Å². The fourth-order valence-electron chi connectivity index (χ4n) is 2.75. The molecule has 2 fully saturated rings. The molecule has 0 saturated carbocycles. The summed E-state index contributed by atoms with van der Waals surface area (Å²) in [4.78, 5) is 15.7. The Kier molecular flexibility index (Phi) is 3.59. The van der Waals surface area contributed by atoms with Crippen molar-refractivity contribution in [1.29, 1.82) is 0 Å². The normalized spacial score (nSPS) is 28.7. The zero-order valence-corrected chi connectivity index (χ0v) is 9.32. The summed E-state index contributed by atoms with van der Waals surface area (Å²) >= 11 is 0. The van der Waals surface area contributed by atoms with Crippen LogP contribution in [0.4, 0.5) is 0 Å². The molecule has 0 aromatic carbocycles. The predicted octanol–water partition coefficient (Wildman–Crippen LogP) is 0.0319. The van der Waals surface area contributed by atoms with Gasteiger partial charge in [-0.3, -0.25) is 9.69 Å². The summed E-state index contributed by atoms with van der Waals surface area (Å²) in [7, 11) is 0. The van der Waals surface area contributed by atoms with Gasteiger partial charge < -0.3 is 10.6 Å². The summed E-state index contributed by atoms with van der Waals surface area (Å²) < 4.78 is 0. The summed E-state index contributed by atoms with van der Waals surface area (Å²) in [5.74, 6) is -0.178. The predicted molar refractivity (Wildman–Crippen MR) is 59.5 cm³/mol. The minimum Gasteiger partial charge on any atom is -0.370 e. The summed E-state index contributed by atoms with van der Waals surface area (Å²) in [5.41, 5.74) is 5.18. The van der Waals surface area contributed by atoms with Crippen molar-refractivity contribution in [3.63, 3.8) is 0 Å². The van der Waals surface area contributed by atoms with Crippen molar-refractivity contribution >= 4 is 5.91 Å². The maximum Gasteiger partial charge on any atom is 0.218 e. The lowest BCUT2D eigenvalue weighted by Gasteiger charge is -2.25. The molecule has 2 rings (SSSR count). The standard InChI is InChI=1S/C11H21N3O/c12-11(15)4-8-13-5-2-7-14-6-1-3-10(14)9-13/h10H,1-9H2,(H2,12,15). The van der Waals surface area contributed by atoms with Gasteiger partial charge in [0.1, 0.15) is 0 Å². The van der Waals surface area contributed by atoms with Crippen LogP contribution >= 0.6 is 0 Å². The van der Waals surface area contributed by atoms with Crippen molar-refractivity contribution in [2.24, 2.45) is 5.73 Å². The fraction of sp³-hybridized carbons (Fsp3) is 0.909. The highest BCUT2D eigenvalue weighted by atomic mass is 16.1. The van der Waals surface area contributed by atoms with Gasteiger partial charge in [0.15, 0.2) is 0 Å². The molecule has 2 aliphatic rings. The number of nitrogens with zero attached hydrogens (tertiary/aromatic N) is 2. The average Bonchev–Trinajstić information content (AvgIpc) is 2.53. The molecule has 2 N–H and O–H groups in total. The van der Waals surface area contributed by atoms with Crippen LogP contribution in [-0.2, 0) is 4.79 Å². The smallest absolute Gasteiger partial charge is 0.218 e. The lowest BCUT2D eigenvalue weighted by atomic mass is 10.2. The SMILES string of the molecule is NC(=O)CCN1CCCN2CCCC2C1. The molecule has 0 aliphatic carbocycles. The highest BCUT2D eigenvalue weighted by Crippen LogP contribution is 2.21. The van der Waals surface area contributed by atoms with Crippen LogP contribution in [0.15, 0.2) is 0 Å². The van der Waals surface area contributed by atoms with E-state index in [1.165, 1.54) is 32.4 Å². The van der Waals surface area contributed by atoms with Crippen LogP contribution < -0.4 is 5.73 Å². The largest absolute Gasteiger partial charge is 0.370 e. The highest BCUT2D eigenvalue weighted by molar-refractivity contribution is 5.73. The monoisotopic (exact) mass is 211 g/mol. The first-order valence-electron chi connectivity index (χ1n) is 6.00. The number of amides is 1. The third-order valence-electron chi connectivity index (χ3n) is 3.56. The Bertz CT molecular complexity index is 232. The molecular weight excluding hydrogens is 190 g/mol. The van der Waals surface area contributed by atoms with Crippen LogP contribution in [0.2, 0.25) is 0 Å². The molecule has 2 saturated heterocycles. The number of carbonyl (C=O) groups excluding carboxylic acids is 1. The summed E-state index contributed by atoms with van der Waals surface area (Å²) in [6, 6.07) is 0.736. The van der Waals surface area contributed by atoms with Crippen molar-refractivity contribution in [2.45, 2.75) is 31.7 Å². The molecule has 1 atom stereocenters. The number of fused-ring (bicyclic) bond motifs is 1. The molecule has 4 nitrogen and oxygen atoms in total. The number of rotatable bonds is 3. The van der Waals surface area contributed by atoms with E-state index in [1.807, 2.05) is 0 Å². The molecular formula is C11H21N3O. The average molecular weight is 211 g/mol. The highest BCUT2D eigenvalue weighted by Gasteiger charge is 2.28. The maximum atomic E-state index is 10.7. The molecule has 0 radical (unpaired) electrons. The summed E-state index contributed by atoms with van der Waals surface area (Å²) in [6.45, 7) is 5.61. The van der Waals surface area contributed by atoms with Gasteiger partial charge in [-0.05, 0) is 38.9 Å². The first-order chi connectivity index (χ1) is 7.25. The second kappa shape index (κ2) is 4.94. The second-order valence-electron chi connectivity index (χ2n) is 4.70. The molecule has 4 heteroatoms. The Morgan fingerprint density at radius 1 is 1.27 bits per heavy atom. The van der Waals surface area contributed by atoms with Crippen LogP contribution in [0.1, 0.15) is 25.7 Å². The van der Waals surface area contributed by atoms with Gasteiger partial charge >= 0.3 is 0 Å². The Labute approximate surface area is 91.4 Å². The number of nitrogens with two attached hydrogens (primary N) is 1. The third-order valence-corrected chi connectivity index (χ3v) is 3.56. The molecule has 2 heterocycles. The van der Waals surface area contributed by atoms with E-state index in [9.17, 15) is 4.79 Å². The zero-order valence-electron chi connectivity index (χ0n) is 9.32. The van der Waals surface area contributed by atoms with Gasteiger partial charge in [0.05, 0.1) is 0 Å².